The van der Waals surface area contributed by atoms with Crippen molar-refractivity contribution < 1.29 is 21.7 Å². The third-order valence-corrected chi connectivity index (χ3v) is 0. The van der Waals surface area contributed by atoms with Gasteiger partial charge in [-0.05, 0) is 0 Å². The minimum Gasteiger partial charge on any atom is -0.358 e. The Hall–Kier alpha value is 0.714. The molecule has 1 heteroatoms. The van der Waals surface area contributed by atoms with Crippen LogP contribution in [0.15, 0.2) is 0 Å². The van der Waals surface area contributed by atoms with Crippen LogP contribution in [0.25, 0.3) is 0 Å². The summed E-state index contributed by atoms with van der Waals surface area (Å²) in [4.78, 5) is 0. The van der Waals surface area contributed by atoms with Gasteiger partial charge >= 0.3 is 21.7 Å². The fourth-order valence-electron chi connectivity index (χ4n) is 0. The molecule has 0 N–H and O–H groups in total. The molecule has 0 aliphatic carbocycles. The Morgan fingerprint density at radius 3 is 1.00 bits per heavy atom. The number of hydrogen-bond acceptors (Lipinski definition) is 0. The van der Waals surface area contributed by atoms with Crippen LogP contribution in [0.5, 0.6) is 0 Å². The second-order valence-electron chi connectivity index (χ2n) is 1.39. The smallest absolute Gasteiger partial charge is 0.358 e. The Kier molecular flexibility index (Phi) is 118. The second-order valence-corrected chi connectivity index (χ2v) is 1.39. The van der Waals surface area contributed by atoms with Crippen LogP contribution in [0.1, 0.15) is 13.8 Å². The Morgan fingerprint density at radius 2 is 1.00 bits per heavy atom. The molecule has 0 aromatic rings. The van der Waals surface area contributed by atoms with Crippen LogP contribution in [-0.4, -0.2) is 0 Å². The largest absolute Gasteiger partial charge is 4.00 e. The molecule has 0 bridgehead atoms. The predicted molar refractivity (Wildman–Crippen MR) is 39.4 cm³/mol. The van der Waals surface area contributed by atoms with Gasteiger partial charge in [0, 0.05) is 0 Å². The van der Waals surface area contributed by atoms with E-state index in [2.05, 4.69) is 20.8 Å². The van der Waals surface area contributed by atoms with Crippen LogP contribution in [0.4, 0.5) is 0 Å². The van der Waals surface area contributed by atoms with Gasteiger partial charge in [-0.15, -0.1) is 0 Å². The van der Waals surface area contributed by atoms with E-state index >= 15 is 0 Å². The van der Waals surface area contributed by atoms with Gasteiger partial charge in [0.15, 0.2) is 0 Å². The molecule has 0 nitrogen and oxygen atoms in total. The molecule has 0 aliphatic heterocycles. The topological polar surface area (TPSA) is 0 Å². The van der Waals surface area contributed by atoms with E-state index in [4.69, 9.17) is 0 Å². The van der Waals surface area contributed by atoms with Crippen molar-refractivity contribution in [3.05, 3.63) is 29.2 Å². The molecule has 50 valence electrons. The molecule has 0 aliphatic rings. The summed E-state index contributed by atoms with van der Waals surface area (Å²) >= 11 is 0. The molecule has 0 rings (SSSR count). The van der Waals surface area contributed by atoms with Gasteiger partial charge in [-0.25, -0.2) is 0 Å². The van der Waals surface area contributed by atoms with E-state index in [1.807, 2.05) is 0 Å². The summed E-state index contributed by atoms with van der Waals surface area (Å²) in [7, 11) is 0. The maximum atomic E-state index is 3.64. The maximum absolute atomic E-state index is 3.64. The molecule has 0 saturated carbocycles. The van der Waals surface area contributed by atoms with E-state index in [1.165, 1.54) is 0 Å². The van der Waals surface area contributed by atoms with Crippen molar-refractivity contribution in [1.82, 2.24) is 0 Å². The average Bonchev–Trinajstić information content (AvgIpc) is 0.811. The molecule has 0 fully saturated rings. The Labute approximate surface area is 71.0 Å². The Balaban J connectivity index is -0.00000000750. The summed E-state index contributed by atoms with van der Waals surface area (Å²) < 4.78 is 0. The van der Waals surface area contributed by atoms with Crippen molar-refractivity contribution in [3.63, 3.8) is 0 Å². The van der Waals surface area contributed by atoms with Gasteiger partial charge < -0.3 is 29.2 Å². The fourth-order valence-corrected chi connectivity index (χ4v) is 0. The number of hydrogen-bond donors (Lipinski definition) is 0. The van der Waals surface area contributed by atoms with Crippen LogP contribution in [-0.2, 0) is 21.7 Å². The Morgan fingerprint density at radius 1 is 1.00 bits per heavy atom. The predicted octanol–water partition coefficient (Wildman–Crippen LogP) is 2.82. The van der Waals surface area contributed by atoms with E-state index in [9.17, 15) is 0 Å². The van der Waals surface area contributed by atoms with Gasteiger partial charge in [-0.2, -0.15) is 5.92 Å². The van der Waals surface area contributed by atoms with E-state index in [-0.39, 0.29) is 44.0 Å². The first-order valence-corrected chi connectivity index (χ1v) is 1.56. The monoisotopic (exact) mass is 150 g/mol. The van der Waals surface area contributed by atoms with Gasteiger partial charge in [-0.3, -0.25) is 0 Å². The van der Waals surface area contributed by atoms with Gasteiger partial charge in [0.1, 0.15) is 0 Å². The molecule has 0 aromatic carbocycles. The molecular formula is C7H18Ti. The van der Waals surface area contributed by atoms with Crippen molar-refractivity contribution in [2.45, 2.75) is 13.8 Å². The van der Waals surface area contributed by atoms with Gasteiger partial charge in [0.2, 0.25) is 0 Å². The zero-order valence-corrected chi connectivity index (χ0v) is 8.35. The van der Waals surface area contributed by atoms with Gasteiger partial charge in [0.25, 0.3) is 0 Å². The summed E-state index contributed by atoms with van der Waals surface area (Å²) in [6.07, 6.45) is 0. The molecule has 0 saturated heterocycles. The molecule has 0 spiro atoms. The van der Waals surface area contributed by atoms with E-state index in [0.29, 0.717) is 5.92 Å². The molecular weight excluding hydrogens is 132 g/mol. The second kappa shape index (κ2) is 25.2. The first-order chi connectivity index (χ1) is 1.73. The summed E-state index contributed by atoms with van der Waals surface area (Å²) in [5.41, 5.74) is 0. The first-order valence-electron chi connectivity index (χ1n) is 1.56. The zero-order valence-electron chi connectivity index (χ0n) is 6.78. The third-order valence-electron chi connectivity index (χ3n) is 0. The van der Waals surface area contributed by atoms with E-state index in [0.717, 1.165) is 0 Å². The minimum absolute atomic E-state index is 0. The van der Waals surface area contributed by atoms with Crippen molar-refractivity contribution in [2.24, 2.45) is 5.92 Å². The fraction of sp³-hybridized carbons (Fsp3) is 0.429. The third kappa shape index (κ3) is 430. The molecule has 8 heavy (non-hydrogen) atoms. The molecule has 0 aromatic heterocycles. The summed E-state index contributed by atoms with van der Waals surface area (Å²) in [5, 5.41) is 0. The van der Waals surface area contributed by atoms with Crippen molar-refractivity contribution in [2.75, 3.05) is 0 Å². The summed E-state index contributed by atoms with van der Waals surface area (Å²) in [6.45, 7) is 7.75. The normalized spacial score (nSPS) is 4.50. The zero-order chi connectivity index (χ0) is 3.58. The minimum atomic E-state index is 0. The van der Waals surface area contributed by atoms with E-state index in [1.54, 1.807) is 0 Å². The molecule has 0 atom stereocenters. The standard InChI is InChI=1S/C4H9.3CH3.Ti/c1-4(2)3;;;;/h4H,1H2,2-3H3;3*1H3;/q4*-1;+4. The van der Waals surface area contributed by atoms with Crippen LogP contribution >= 0.6 is 0 Å². The molecule has 0 unspecified atom stereocenters. The van der Waals surface area contributed by atoms with Crippen molar-refractivity contribution in [3.8, 4) is 0 Å². The van der Waals surface area contributed by atoms with Crippen LogP contribution < -0.4 is 0 Å². The molecule has 0 heterocycles. The van der Waals surface area contributed by atoms with E-state index < -0.39 is 0 Å². The van der Waals surface area contributed by atoms with Crippen LogP contribution in [0, 0.1) is 35.1 Å². The van der Waals surface area contributed by atoms with Gasteiger partial charge in [-0.1, -0.05) is 13.8 Å². The SMILES string of the molecule is [CH2-]C(C)C.[CH3-].[CH3-].[CH3-].[Ti+4]. The van der Waals surface area contributed by atoms with Crippen molar-refractivity contribution in [1.29, 1.82) is 0 Å². The summed E-state index contributed by atoms with van der Waals surface area (Å²) in [6, 6.07) is 0. The first kappa shape index (κ1) is 37.6. The van der Waals surface area contributed by atoms with Crippen LogP contribution in [0.2, 0.25) is 0 Å². The summed E-state index contributed by atoms with van der Waals surface area (Å²) in [5.74, 6) is 0.583. The quantitative estimate of drug-likeness (QED) is 0.368. The Bertz CT molecular complexity index is 9.10. The van der Waals surface area contributed by atoms with Crippen LogP contribution in [0.3, 0.4) is 0 Å². The van der Waals surface area contributed by atoms with Crippen molar-refractivity contribution >= 4 is 0 Å². The average molecular weight is 150 g/mol. The maximum Gasteiger partial charge on any atom is 4.00 e. The van der Waals surface area contributed by atoms with Gasteiger partial charge in [0.05, 0.1) is 0 Å². The molecule has 0 amide bonds. The number of rotatable bonds is 0. The molecule has 0 radical (unpaired) electrons.